The van der Waals surface area contributed by atoms with Gasteiger partial charge >= 0.3 is 5.97 Å². The second kappa shape index (κ2) is 7.62. The van der Waals surface area contributed by atoms with Gasteiger partial charge in [0, 0.05) is 6.42 Å². The lowest BCUT2D eigenvalue weighted by molar-refractivity contribution is -0.161. The molecule has 0 amide bonds. The van der Waals surface area contributed by atoms with Crippen molar-refractivity contribution in [3.8, 4) is 5.75 Å². The zero-order chi connectivity index (χ0) is 14.5. The molecule has 0 aromatic heterocycles. The number of benzene rings is 1. The van der Waals surface area contributed by atoms with E-state index in [-0.39, 0.29) is 24.1 Å². The van der Waals surface area contributed by atoms with Gasteiger partial charge in [0.05, 0.1) is 7.11 Å². The van der Waals surface area contributed by atoms with E-state index in [1.807, 2.05) is 0 Å². The number of carbonyl (C=O) groups excluding carboxylic acids is 1. The molecule has 0 heterocycles. The van der Waals surface area contributed by atoms with Crippen molar-refractivity contribution in [3.63, 3.8) is 0 Å². The zero-order valence-electron chi connectivity index (χ0n) is 11.5. The first-order chi connectivity index (χ1) is 8.87. The summed E-state index contributed by atoms with van der Waals surface area (Å²) < 4.78 is 5.02. The van der Waals surface area contributed by atoms with Gasteiger partial charge < -0.3 is 20.4 Å². The lowest BCUT2D eigenvalue weighted by atomic mass is 9.90. The number of hydrogen-bond donors (Lipinski definition) is 2. The summed E-state index contributed by atoms with van der Waals surface area (Å²) in [5.41, 5.74) is -1.12. The molecule has 1 aromatic carbocycles. The van der Waals surface area contributed by atoms with Crippen LogP contribution in [0.1, 0.15) is 25.3 Å². The Hall–Kier alpha value is -1.92. The Morgan fingerprint density at radius 3 is 2.20 bits per heavy atom. The van der Waals surface area contributed by atoms with Crippen LogP contribution in [-0.2, 0) is 16.0 Å². The Morgan fingerprint density at radius 1 is 1.25 bits per heavy atom. The van der Waals surface area contributed by atoms with Gasteiger partial charge in [-0.2, -0.15) is 0 Å². The fraction of sp³-hybridized carbons (Fsp3) is 0.429. The largest absolute Gasteiger partial charge is 0.497 e. The molecule has 112 valence electrons. The number of carbonyl (C=O) groups is 2. The zero-order valence-corrected chi connectivity index (χ0v) is 11.5. The molecule has 0 fully saturated rings. The molecular formula is C14H20O6. The second-order valence-electron chi connectivity index (χ2n) is 4.56. The highest BCUT2D eigenvalue weighted by atomic mass is 16.5. The molecule has 4 N–H and O–H groups in total. The van der Waals surface area contributed by atoms with Crippen molar-refractivity contribution >= 4 is 11.8 Å². The predicted molar refractivity (Wildman–Crippen MR) is 72.8 cm³/mol. The maximum absolute atomic E-state index is 11.1. The summed E-state index contributed by atoms with van der Waals surface area (Å²) in [5, 5.41) is 19.0. The number of hydrogen-bond acceptors (Lipinski definition) is 4. The molecule has 1 unspecified atom stereocenters. The van der Waals surface area contributed by atoms with Crippen LogP contribution in [0.25, 0.3) is 0 Å². The van der Waals surface area contributed by atoms with Crippen molar-refractivity contribution < 1.29 is 30.0 Å². The molecule has 0 bridgehead atoms. The topological polar surface area (TPSA) is 115 Å². The van der Waals surface area contributed by atoms with Crippen LogP contribution >= 0.6 is 0 Å². The van der Waals surface area contributed by atoms with Gasteiger partial charge in [0.25, 0.3) is 0 Å². The highest BCUT2D eigenvalue weighted by Crippen LogP contribution is 2.21. The van der Waals surface area contributed by atoms with E-state index in [1.165, 1.54) is 6.92 Å². The summed E-state index contributed by atoms with van der Waals surface area (Å²) in [6.45, 7) is 1.27. The number of ether oxygens (including phenoxy) is 1. The van der Waals surface area contributed by atoms with Crippen LogP contribution in [-0.4, -0.2) is 40.2 Å². The Bertz CT molecular complexity index is 453. The maximum Gasteiger partial charge on any atom is 0.336 e. The number of methoxy groups -OCH3 is 1. The highest BCUT2D eigenvalue weighted by Gasteiger charge is 2.36. The first-order valence-electron chi connectivity index (χ1n) is 5.95. The third kappa shape index (κ3) is 4.99. The minimum Gasteiger partial charge on any atom is -0.497 e. The summed E-state index contributed by atoms with van der Waals surface area (Å²) in [6.07, 6.45) is -0.00714. The van der Waals surface area contributed by atoms with Crippen LogP contribution in [0.5, 0.6) is 5.75 Å². The number of ketones is 1. The van der Waals surface area contributed by atoms with Crippen LogP contribution in [0, 0.1) is 0 Å². The first kappa shape index (κ1) is 18.1. The van der Waals surface area contributed by atoms with E-state index in [9.17, 15) is 14.7 Å². The van der Waals surface area contributed by atoms with Gasteiger partial charge in [0.15, 0.2) is 5.60 Å². The summed E-state index contributed by atoms with van der Waals surface area (Å²) in [6, 6.07) is 7.13. The standard InChI is InChI=1S/C14H18O5.H2O/c1-10(15)9-14(18,13(16)17)8-7-11-3-5-12(19-2)6-4-11;/h3-6,18H,7-9H2,1-2H3,(H,16,17);1H2. The number of aryl methyl sites for hydroxylation is 1. The minimum absolute atomic E-state index is 0. The molecule has 0 spiro atoms. The Balaban J connectivity index is 0.00000361. The molecule has 1 rings (SSSR count). The average molecular weight is 284 g/mol. The summed E-state index contributed by atoms with van der Waals surface area (Å²) in [7, 11) is 1.56. The van der Waals surface area contributed by atoms with Crippen LogP contribution < -0.4 is 4.74 Å². The van der Waals surface area contributed by atoms with E-state index >= 15 is 0 Å². The molecule has 0 aliphatic heterocycles. The van der Waals surface area contributed by atoms with Gasteiger partial charge in [-0.3, -0.25) is 4.79 Å². The number of aliphatic carboxylic acids is 1. The van der Waals surface area contributed by atoms with Gasteiger partial charge in [0.1, 0.15) is 11.5 Å². The summed E-state index contributed by atoms with van der Waals surface area (Å²) >= 11 is 0. The lowest BCUT2D eigenvalue weighted by Gasteiger charge is -2.22. The summed E-state index contributed by atoms with van der Waals surface area (Å²) in [5.74, 6) is -1.00. The quantitative estimate of drug-likeness (QED) is 0.760. The van der Waals surface area contributed by atoms with Gasteiger partial charge in [-0.15, -0.1) is 0 Å². The summed E-state index contributed by atoms with van der Waals surface area (Å²) in [4.78, 5) is 22.1. The average Bonchev–Trinajstić information content (AvgIpc) is 2.36. The SMILES string of the molecule is COc1ccc(CCC(O)(CC(C)=O)C(=O)O)cc1.O. The number of carboxylic acid groups (broad SMARTS) is 1. The number of Topliss-reactive ketones (excluding diaryl/α,β-unsaturated/α-hetero) is 1. The Morgan fingerprint density at radius 2 is 1.80 bits per heavy atom. The van der Waals surface area contributed by atoms with Crippen LogP contribution in [0.4, 0.5) is 0 Å². The molecule has 20 heavy (non-hydrogen) atoms. The maximum atomic E-state index is 11.1. The van der Waals surface area contributed by atoms with E-state index in [2.05, 4.69) is 0 Å². The van der Waals surface area contributed by atoms with Gasteiger partial charge in [-0.05, 0) is 37.5 Å². The van der Waals surface area contributed by atoms with E-state index in [1.54, 1.807) is 31.4 Å². The molecule has 0 aliphatic carbocycles. The van der Waals surface area contributed by atoms with Crippen molar-refractivity contribution in [2.75, 3.05) is 7.11 Å². The molecule has 1 atom stereocenters. The molecule has 0 radical (unpaired) electrons. The normalized spacial score (nSPS) is 12.9. The Labute approximate surface area is 117 Å². The van der Waals surface area contributed by atoms with Crippen molar-refractivity contribution in [3.05, 3.63) is 29.8 Å². The second-order valence-corrected chi connectivity index (χ2v) is 4.56. The smallest absolute Gasteiger partial charge is 0.336 e. The van der Waals surface area contributed by atoms with Gasteiger partial charge in [-0.1, -0.05) is 12.1 Å². The van der Waals surface area contributed by atoms with Gasteiger partial charge in [-0.25, -0.2) is 4.79 Å². The Kier molecular flexibility index (Phi) is 6.89. The third-order valence-electron chi connectivity index (χ3n) is 2.93. The first-order valence-corrected chi connectivity index (χ1v) is 5.95. The predicted octanol–water partition coefficient (Wildman–Crippen LogP) is 0.598. The molecule has 0 saturated heterocycles. The van der Waals surface area contributed by atoms with E-state index < -0.39 is 11.6 Å². The van der Waals surface area contributed by atoms with Gasteiger partial charge in [0.2, 0.25) is 0 Å². The molecule has 6 nitrogen and oxygen atoms in total. The van der Waals surface area contributed by atoms with Crippen molar-refractivity contribution in [2.24, 2.45) is 0 Å². The van der Waals surface area contributed by atoms with Crippen molar-refractivity contribution in [1.82, 2.24) is 0 Å². The fourth-order valence-electron chi connectivity index (χ4n) is 1.83. The van der Waals surface area contributed by atoms with E-state index in [0.29, 0.717) is 12.2 Å². The molecule has 0 saturated carbocycles. The highest BCUT2D eigenvalue weighted by molar-refractivity contribution is 5.86. The fourth-order valence-corrected chi connectivity index (χ4v) is 1.83. The van der Waals surface area contributed by atoms with E-state index in [0.717, 1.165) is 5.56 Å². The van der Waals surface area contributed by atoms with Crippen LogP contribution in [0.15, 0.2) is 24.3 Å². The van der Waals surface area contributed by atoms with Crippen molar-refractivity contribution in [1.29, 1.82) is 0 Å². The van der Waals surface area contributed by atoms with Crippen LogP contribution in [0.3, 0.4) is 0 Å². The molecule has 6 heteroatoms. The lowest BCUT2D eigenvalue weighted by Crippen LogP contribution is -2.40. The monoisotopic (exact) mass is 284 g/mol. The molecular weight excluding hydrogens is 264 g/mol. The van der Waals surface area contributed by atoms with E-state index in [4.69, 9.17) is 9.84 Å². The molecule has 0 aliphatic rings. The number of aliphatic hydroxyl groups is 1. The minimum atomic E-state index is -1.99. The number of carboxylic acids is 1. The third-order valence-corrected chi connectivity index (χ3v) is 2.93. The number of rotatable bonds is 7. The molecule has 1 aromatic rings. The van der Waals surface area contributed by atoms with Crippen LogP contribution in [0.2, 0.25) is 0 Å². The van der Waals surface area contributed by atoms with Crippen molar-refractivity contribution in [2.45, 2.75) is 31.8 Å².